The van der Waals surface area contributed by atoms with Crippen LogP contribution in [0.4, 0.5) is 0 Å². The number of alkyl halides is 2. The van der Waals surface area contributed by atoms with Gasteiger partial charge in [-0.15, -0.1) is 23.2 Å². The molecule has 0 aromatic heterocycles. The molecular formula is C8H12Cl2. The Bertz CT molecular complexity index is 131. The summed E-state index contributed by atoms with van der Waals surface area (Å²) in [4.78, 5) is 0. The van der Waals surface area contributed by atoms with Crippen molar-refractivity contribution in [1.29, 1.82) is 0 Å². The van der Waals surface area contributed by atoms with Crippen LogP contribution in [0, 0.1) is 0 Å². The van der Waals surface area contributed by atoms with E-state index in [9.17, 15) is 0 Å². The molecule has 58 valence electrons. The second-order valence-electron chi connectivity index (χ2n) is 2.50. The first kappa shape index (κ1) is 10.1. The highest BCUT2D eigenvalue weighted by molar-refractivity contribution is 6.32. The topological polar surface area (TPSA) is 0 Å². The molecule has 0 aromatic rings. The molecule has 0 bridgehead atoms. The first-order chi connectivity index (χ1) is 4.46. The van der Waals surface area contributed by atoms with Crippen LogP contribution in [0.2, 0.25) is 0 Å². The second-order valence-corrected chi connectivity index (χ2v) is 3.44. The summed E-state index contributed by atoms with van der Waals surface area (Å²) in [6.45, 7) is 11.1. The predicted molar refractivity (Wildman–Crippen MR) is 48.9 cm³/mol. The van der Waals surface area contributed by atoms with Gasteiger partial charge in [0.15, 0.2) is 0 Å². The lowest BCUT2D eigenvalue weighted by atomic mass is 10.1. The fourth-order valence-electron chi connectivity index (χ4n) is 0.500. The number of rotatable bonds is 3. The van der Waals surface area contributed by atoms with Crippen molar-refractivity contribution in [3.8, 4) is 0 Å². The van der Waals surface area contributed by atoms with Crippen LogP contribution >= 0.6 is 23.2 Å². The molecule has 0 aliphatic carbocycles. The predicted octanol–water partition coefficient (Wildman–Crippen LogP) is 3.35. The van der Waals surface area contributed by atoms with Crippen molar-refractivity contribution in [2.45, 2.75) is 24.6 Å². The van der Waals surface area contributed by atoms with E-state index in [-0.39, 0.29) is 10.8 Å². The smallest absolute Gasteiger partial charge is 0.0741 e. The minimum Gasteiger partial charge on any atom is -0.116 e. The standard InChI is InChI=1S/C8H12Cl2/c1-5(2)7(9)8(10)6(3)4/h7-8H,1,3H2,2,4H3. The van der Waals surface area contributed by atoms with Gasteiger partial charge in [-0.05, 0) is 13.8 Å². The van der Waals surface area contributed by atoms with E-state index in [1.807, 2.05) is 13.8 Å². The fraction of sp³-hybridized carbons (Fsp3) is 0.500. The van der Waals surface area contributed by atoms with Crippen LogP contribution < -0.4 is 0 Å². The van der Waals surface area contributed by atoms with Gasteiger partial charge in [-0.25, -0.2) is 0 Å². The number of allylic oxidation sites excluding steroid dienone is 2. The molecule has 0 radical (unpaired) electrons. The molecule has 0 nitrogen and oxygen atoms in total. The summed E-state index contributed by atoms with van der Waals surface area (Å²) in [5, 5.41) is -0.390. The van der Waals surface area contributed by atoms with Crippen LogP contribution in [0.15, 0.2) is 24.3 Å². The summed E-state index contributed by atoms with van der Waals surface area (Å²) in [5.41, 5.74) is 1.76. The van der Waals surface area contributed by atoms with Crippen LogP contribution in [0.1, 0.15) is 13.8 Å². The lowest BCUT2D eigenvalue weighted by Crippen LogP contribution is -2.16. The molecule has 0 rings (SSSR count). The molecule has 0 aromatic carbocycles. The Labute approximate surface area is 72.5 Å². The van der Waals surface area contributed by atoms with E-state index in [1.165, 1.54) is 0 Å². The summed E-state index contributed by atoms with van der Waals surface area (Å²) >= 11 is 11.7. The van der Waals surface area contributed by atoms with Gasteiger partial charge in [0, 0.05) is 0 Å². The van der Waals surface area contributed by atoms with Crippen molar-refractivity contribution in [2.24, 2.45) is 0 Å². The van der Waals surface area contributed by atoms with E-state index in [4.69, 9.17) is 23.2 Å². The minimum absolute atomic E-state index is 0.195. The molecule has 0 aliphatic heterocycles. The largest absolute Gasteiger partial charge is 0.116 e. The third-order valence-electron chi connectivity index (χ3n) is 1.20. The van der Waals surface area contributed by atoms with E-state index in [0.717, 1.165) is 11.1 Å². The van der Waals surface area contributed by atoms with Crippen LogP contribution in [-0.4, -0.2) is 10.8 Å². The zero-order valence-corrected chi connectivity index (χ0v) is 7.84. The molecule has 0 spiro atoms. The van der Waals surface area contributed by atoms with Gasteiger partial charge in [-0.1, -0.05) is 24.3 Å². The second kappa shape index (κ2) is 4.05. The van der Waals surface area contributed by atoms with E-state index in [1.54, 1.807) is 0 Å². The van der Waals surface area contributed by atoms with E-state index >= 15 is 0 Å². The van der Waals surface area contributed by atoms with Crippen LogP contribution in [0.3, 0.4) is 0 Å². The molecule has 0 aliphatic rings. The highest BCUT2D eigenvalue weighted by Gasteiger charge is 2.16. The van der Waals surface area contributed by atoms with Gasteiger partial charge in [0.25, 0.3) is 0 Å². The molecule has 0 saturated carbocycles. The maximum atomic E-state index is 5.87. The first-order valence-corrected chi connectivity index (χ1v) is 3.93. The lowest BCUT2D eigenvalue weighted by Gasteiger charge is -2.15. The van der Waals surface area contributed by atoms with Crippen molar-refractivity contribution in [3.05, 3.63) is 24.3 Å². The minimum atomic E-state index is -0.195. The first-order valence-electron chi connectivity index (χ1n) is 3.05. The zero-order valence-electron chi connectivity index (χ0n) is 6.32. The average molecular weight is 179 g/mol. The highest BCUT2D eigenvalue weighted by atomic mass is 35.5. The van der Waals surface area contributed by atoms with Gasteiger partial charge in [-0.2, -0.15) is 0 Å². The Morgan fingerprint density at radius 1 is 1.00 bits per heavy atom. The van der Waals surface area contributed by atoms with E-state index < -0.39 is 0 Å². The maximum absolute atomic E-state index is 5.87. The summed E-state index contributed by atoms with van der Waals surface area (Å²) in [6.07, 6.45) is 0. The molecule has 0 N–H and O–H groups in total. The Hall–Kier alpha value is 0.0600. The molecular weight excluding hydrogens is 167 g/mol. The summed E-state index contributed by atoms with van der Waals surface area (Å²) in [5.74, 6) is 0. The van der Waals surface area contributed by atoms with Gasteiger partial charge >= 0.3 is 0 Å². The van der Waals surface area contributed by atoms with E-state index in [0.29, 0.717) is 0 Å². The molecule has 0 saturated heterocycles. The zero-order chi connectivity index (χ0) is 8.31. The van der Waals surface area contributed by atoms with Crippen molar-refractivity contribution < 1.29 is 0 Å². The normalized spacial score (nSPS) is 16.0. The third kappa shape index (κ3) is 2.76. The molecule has 0 heterocycles. The maximum Gasteiger partial charge on any atom is 0.0741 e. The lowest BCUT2D eigenvalue weighted by molar-refractivity contribution is 0.949. The Balaban J connectivity index is 4.07. The number of halogens is 2. The number of hydrogen-bond donors (Lipinski definition) is 0. The fourth-order valence-corrected chi connectivity index (χ4v) is 0.930. The third-order valence-corrected chi connectivity index (χ3v) is 2.58. The molecule has 0 amide bonds. The SMILES string of the molecule is C=C(C)C(Cl)C(Cl)C(=C)C. The highest BCUT2D eigenvalue weighted by Crippen LogP contribution is 2.21. The Morgan fingerprint density at radius 3 is 1.30 bits per heavy atom. The van der Waals surface area contributed by atoms with Crippen molar-refractivity contribution in [1.82, 2.24) is 0 Å². The summed E-state index contributed by atoms with van der Waals surface area (Å²) in [6, 6.07) is 0. The van der Waals surface area contributed by atoms with Gasteiger partial charge in [0.05, 0.1) is 10.8 Å². The average Bonchev–Trinajstić information content (AvgIpc) is 1.84. The molecule has 0 fully saturated rings. The molecule has 2 heteroatoms. The molecule has 2 atom stereocenters. The monoisotopic (exact) mass is 178 g/mol. The van der Waals surface area contributed by atoms with Crippen molar-refractivity contribution in [3.63, 3.8) is 0 Å². The quantitative estimate of drug-likeness (QED) is 0.460. The molecule has 2 unspecified atom stereocenters. The number of hydrogen-bond acceptors (Lipinski definition) is 0. The van der Waals surface area contributed by atoms with Gasteiger partial charge in [0.2, 0.25) is 0 Å². The van der Waals surface area contributed by atoms with Gasteiger partial charge in [-0.3, -0.25) is 0 Å². The van der Waals surface area contributed by atoms with Crippen LogP contribution in [-0.2, 0) is 0 Å². The van der Waals surface area contributed by atoms with Gasteiger partial charge in [0.1, 0.15) is 0 Å². The van der Waals surface area contributed by atoms with Crippen molar-refractivity contribution >= 4 is 23.2 Å². The van der Waals surface area contributed by atoms with Gasteiger partial charge < -0.3 is 0 Å². The summed E-state index contributed by atoms with van der Waals surface area (Å²) < 4.78 is 0. The van der Waals surface area contributed by atoms with E-state index in [2.05, 4.69) is 13.2 Å². The Kier molecular flexibility index (Phi) is 4.07. The van der Waals surface area contributed by atoms with Crippen LogP contribution in [0.5, 0.6) is 0 Å². The summed E-state index contributed by atoms with van der Waals surface area (Å²) in [7, 11) is 0. The van der Waals surface area contributed by atoms with Crippen molar-refractivity contribution in [2.75, 3.05) is 0 Å². The molecule has 10 heavy (non-hydrogen) atoms. The Morgan fingerprint density at radius 2 is 1.20 bits per heavy atom. The van der Waals surface area contributed by atoms with Crippen LogP contribution in [0.25, 0.3) is 0 Å².